The van der Waals surface area contributed by atoms with Gasteiger partial charge in [-0.3, -0.25) is 4.79 Å². The molecule has 0 unspecified atom stereocenters. The highest BCUT2D eigenvalue weighted by atomic mass is 32.1. The van der Waals surface area contributed by atoms with Crippen molar-refractivity contribution in [2.75, 3.05) is 11.9 Å². The van der Waals surface area contributed by atoms with Crippen molar-refractivity contribution in [1.29, 1.82) is 0 Å². The Morgan fingerprint density at radius 1 is 1.40 bits per heavy atom. The van der Waals surface area contributed by atoms with Crippen LogP contribution in [-0.2, 0) is 6.54 Å². The standard InChI is InChI=1S/C12H10FN5OS/c1-18(12-14-4-7(13)5-15-12)6-9-16-8-2-3-20-10(8)11(19)17-9/h2-5H,6H2,1H3,(H,16,17,19). The number of aromatic nitrogens is 4. The number of aromatic amines is 1. The highest BCUT2D eigenvalue weighted by molar-refractivity contribution is 7.17. The molecule has 20 heavy (non-hydrogen) atoms. The van der Waals surface area contributed by atoms with Gasteiger partial charge in [0.1, 0.15) is 10.5 Å². The largest absolute Gasteiger partial charge is 0.336 e. The molecule has 6 nitrogen and oxygen atoms in total. The van der Waals surface area contributed by atoms with Crippen LogP contribution in [0.3, 0.4) is 0 Å². The summed E-state index contributed by atoms with van der Waals surface area (Å²) in [5, 5.41) is 1.82. The van der Waals surface area contributed by atoms with E-state index >= 15 is 0 Å². The van der Waals surface area contributed by atoms with E-state index in [0.717, 1.165) is 12.4 Å². The molecule has 102 valence electrons. The number of fused-ring (bicyclic) bond motifs is 1. The van der Waals surface area contributed by atoms with Crippen LogP contribution in [-0.4, -0.2) is 27.0 Å². The van der Waals surface area contributed by atoms with Crippen molar-refractivity contribution in [3.63, 3.8) is 0 Å². The van der Waals surface area contributed by atoms with Gasteiger partial charge in [-0.25, -0.2) is 19.3 Å². The normalized spacial score (nSPS) is 10.9. The van der Waals surface area contributed by atoms with Gasteiger partial charge < -0.3 is 9.88 Å². The van der Waals surface area contributed by atoms with E-state index in [1.807, 2.05) is 5.38 Å². The summed E-state index contributed by atoms with van der Waals surface area (Å²) < 4.78 is 13.4. The second-order valence-electron chi connectivity index (χ2n) is 4.20. The molecule has 0 atom stereocenters. The molecule has 1 N–H and O–H groups in total. The predicted molar refractivity (Wildman–Crippen MR) is 74.3 cm³/mol. The van der Waals surface area contributed by atoms with Crippen LogP contribution in [0.4, 0.5) is 10.3 Å². The number of thiophene rings is 1. The van der Waals surface area contributed by atoms with E-state index in [-0.39, 0.29) is 5.56 Å². The van der Waals surface area contributed by atoms with Gasteiger partial charge in [-0.15, -0.1) is 11.3 Å². The van der Waals surface area contributed by atoms with Crippen molar-refractivity contribution < 1.29 is 4.39 Å². The average Bonchev–Trinajstić information content (AvgIpc) is 2.88. The first kappa shape index (κ1) is 12.7. The van der Waals surface area contributed by atoms with Crippen LogP contribution in [0, 0.1) is 5.82 Å². The molecule has 0 aliphatic rings. The van der Waals surface area contributed by atoms with Gasteiger partial charge in [0.05, 0.1) is 24.5 Å². The molecule has 0 bridgehead atoms. The van der Waals surface area contributed by atoms with Gasteiger partial charge in [-0.2, -0.15) is 0 Å². The molecule has 3 aromatic rings. The highest BCUT2D eigenvalue weighted by Gasteiger charge is 2.09. The summed E-state index contributed by atoms with van der Waals surface area (Å²) in [7, 11) is 1.74. The second-order valence-corrected chi connectivity index (χ2v) is 5.12. The fourth-order valence-electron chi connectivity index (χ4n) is 1.79. The van der Waals surface area contributed by atoms with E-state index in [2.05, 4.69) is 19.9 Å². The molecule has 3 rings (SSSR count). The molecule has 0 aromatic carbocycles. The lowest BCUT2D eigenvalue weighted by Crippen LogP contribution is -2.22. The first-order chi connectivity index (χ1) is 9.63. The monoisotopic (exact) mass is 291 g/mol. The predicted octanol–water partition coefficient (Wildman–Crippen LogP) is 1.55. The molecule has 0 aliphatic carbocycles. The summed E-state index contributed by atoms with van der Waals surface area (Å²) in [5.74, 6) is 0.379. The summed E-state index contributed by atoms with van der Waals surface area (Å²) in [6.07, 6.45) is 2.19. The SMILES string of the molecule is CN(Cc1nc2ccsc2c(=O)[nH]1)c1ncc(F)cn1. The highest BCUT2D eigenvalue weighted by Crippen LogP contribution is 2.14. The van der Waals surface area contributed by atoms with Gasteiger partial charge in [-0.05, 0) is 11.4 Å². The summed E-state index contributed by atoms with van der Waals surface area (Å²) >= 11 is 1.35. The van der Waals surface area contributed by atoms with E-state index in [1.165, 1.54) is 11.3 Å². The lowest BCUT2D eigenvalue weighted by atomic mass is 10.4. The number of hydrogen-bond donors (Lipinski definition) is 1. The van der Waals surface area contributed by atoms with Gasteiger partial charge in [-0.1, -0.05) is 0 Å². The maximum Gasteiger partial charge on any atom is 0.268 e. The minimum absolute atomic E-state index is 0.159. The quantitative estimate of drug-likeness (QED) is 0.792. The topological polar surface area (TPSA) is 74.8 Å². The number of nitrogens with zero attached hydrogens (tertiary/aromatic N) is 4. The van der Waals surface area contributed by atoms with E-state index in [4.69, 9.17) is 0 Å². The maximum absolute atomic E-state index is 12.8. The van der Waals surface area contributed by atoms with Gasteiger partial charge >= 0.3 is 0 Å². The van der Waals surface area contributed by atoms with Crippen LogP contribution in [0.1, 0.15) is 5.82 Å². The third-order valence-electron chi connectivity index (χ3n) is 2.70. The lowest BCUT2D eigenvalue weighted by Gasteiger charge is -2.15. The second kappa shape index (κ2) is 4.97. The van der Waals surface area contributed by atoms with Gasteiger partial charge in [0, 0.05) is 7.05 Å². The van der Waals surface area contributed by atoms with Gasteiger partial charge in [0.15, 0.2) is 5.82 Å². The third kappa shape index (κ3) is 2.37. The minimum Gasteiger partial charge on any atom is -0.336 e. The molecule has 0 saturated heterocycles. The Morgan fingerprint density at radius 2 is 2.15 bits per heavy atom. The summed E-state index contributed by atoms with van der Waals surface area (Å²) in [5.41, 5.74) is 0.510. The van der Waals surface area contributed by atoms with Crippen LogP contribution >= 0.6 is 11.3 Å². The van der Waals surface area contributed by atoms with Crippen molar-refractivity contribution in [3.05, 3.63) is 45.8 Å². The molecular formula is C12H10FN5OS. The fraction of sp³-hybridized carbons (Fsp3) is 0.167. The van der Waals surface area contributed by atoms with Crippen molar-refractivity contribution in [1.82, 2.24) is 19.9 Å². The Balaban J connectivity index is 1.88. The average molecular weight is 291 g/mol. The van der Waals surface area contributed by atoms with E-state index in [0.29, 0.717) is 28.5 Å². The smallest absolute Gasteiger partial charge is 0.268 e. The summed E-state index contributed by atoms with van der Waals surface area (Å²) in [6, 6.07) is 1.80. The number of rotatable bonds is 3. The zero-order valence-corrected chi connectivity index (χ0v) is 11.3. The summed E-state index contributed by atoms with van der Waals surface area (Å²) in [6.45, 7) is 0.326. The number of hydrogen-bond acceptors (Lipinski definition) is 6. The Bertz CT molecular complexity index is 797. The summed E-state index contributed by atoms with van der Waals surface area (Å²) in [4.78, 5) is 28.3. The molecule has 0 saturated carbocycles. The number of halogens is 1. The molecule has 0 aliphatic heterocycles. The maximum atomic E-state index is 12.8. The van der Waals surface area contributed by atoms with Crippen molar-refractivity contribution in [2.24, 2.45) is 0 Å². The molecule has 0 amide bonds. The van der Waals surface area contributed by atoms with Crippen LogP contribution in [0.2, 0.25) is 0 Å². The molecule has 3 heterocycles. The van der Waals surface area contributed by atoms with Crippen LogP contribution in [0.25, 0.3) is 10.2 Å². The number of H-pyrrole nitrogens is 1. The zero-order chi connectivity index (χ0) is 14.1. The van der Waals surface area contributed by atoms with E-state index < -0.39 is 5.82 Å². The first-order valence-electron chi connectivity index (χ1n) is 5.78. The van der Waals surface area contributed by atoms with Gasteiger partial charge in [0.2, 0.25) is 5.95 Å². The minimum atomic E-state index is -0.492. The van der Waals surface area contributed by atoms with Gasteiger partial charge in [0.25, 0.3) is 5.56 Å². The Morgan fingerprint density at radius 3 is 2.90 bits per heavy atom. The Hall–Kier alpha value is -2.35. The lowest BCUT2D eigenvalue weighted by molar-refractivity contribution is 0.611. The molecule has 0 spiro atoms. The van der Waals surface area contributed by atoms with Crippen molar-refractivity contribution in [2.45, 2.75) is 6.54 Å². The van der Waals surface area contributed by atoms with E-state index in [9.17, 15) is 9.18 Å². The van der Waals surface area contributed by atoms with E-state index in [1.54, 1.807) is 18.0 Å². The van der Waals surface area contributed by atoms with Crippen LogP contribution in [0.15, 0.2) is 28.6 Å². The number of nitrogens with one attached hydrogen (secondary N) is 1. The van der Waals surface area contributed by atoms with Crippen LogP contribution in [0.5, 0.6) is 0 Å². The molecule has 8 heteroatoms. The zero-order valence-electron chi connectivity index (χ0n) is 10.5. The number of anilines is 1. The third-order valence-corrected chi connectivity index (χ3v) is 3.60. The molecule has 0 fully saturated rings. The molecule has 3 aromatic heterocycles. The molecule has 0 radical (unpaired) electrons. The molecular weight excluding hydrogens is 281 g/mol. The fourth-order valence-corrected chi connectivity index (χ4v) is 2.52. The van der Waals surface area contributed by atoms with Crippen LogP contribution < -0.4 is 10.5 Å². The Kier molecular flexibility index (Phi) is 3.15. The van der Waals surface area contributed by atoms with Crippen molar-refractivity contribution in [3.8, 4) is 0 Å². The first-order valence-corrected chi connectivity index (χ1v) is 6.66. The Labute approximate surface area is 117 Å². The van der Waals surface area contributed by atoms with Crippen molar-refractivity contribution >= 4 is 27.5 Å².